The second-order valence-corrected chi connectivity index (χ2v) is 6.12. The maximum Gasteiger partial charge on any atom is 0.318 e. The van der Waals surface area contributed by atoms with E-state index in [2.05, 4.69) is 20.3 Å². The average Bonchev–Trinajstić information content (AvgIpc) is 2.71. The molecule has 0 fully saturated rings. The smallest absolute Gasteiger partial charge is 0.318 e. The predicted molar refractivity (Wildman–Crippen MR) is 104 cm³/mol. The van der Waals surface area contributed by atoms with Gasteiger partial charge in [-0.1, -0.05) is 23.7 Å². The van der Waals surface area contributed by atoms with E-state index in [1.165, 1.54) is 6.20 Å². The highest BCUT2D eigenvalue weighted by Crippen LogP contribution is 2.25. The highest BCUT2D eigenvalue weighted by molar-refractivity contribution is 6.32. The number of anilines is 1. The molecule has 3 N–H and O–H groups in total. The summed E-state index contributed by atoms with van der Waals surface area (Å²) in [5.41, 5.74) is 7.17. The molecular formula is C19H18ClN5O3. The fraction of sp³-hybridized carbons (Fsp3) is 0.158. The van der Waals surface area contributed by atoms with Crippen LogP contribution in [0.15, 0.2) is 48.8 Å². The number of nitrogens with zero attached hydrogens (tertiary/aromatic N) is 3. The van der Waals surface area contributed by atoms with Gasteiger partial charge in [-0.2, -0.15) is 4.98 Å². The Balaban J connectivity index is 1.74. The van der Waals surface area contributed by atoms with Crippen LogP contribution in [0.25, 0.3) is 0 Å². The Labute approximate surface area is 166 Å². The molecule has 3 rings (SSSR count). The van der Waals surface area contributed by atoms with Crippen molar-refractivity contribution in [3.05, 3.63) is 70.6 Å². The first kappa shape index (κ1) is 19.4. The molecular weight excluding hydrogens is 382 g/mol. The molecule has 0 unspecified atom stereocenters. The standard InChI is InChI=1S/C19H18ClN5O3/c1-27-16-6-5-12(8-15(16)20)9-23-18-14(17(21)26)10-24-19(25-18)28-11-13-4-2-3-7-22-13/h2-8,10H,9,11H2,1H3,(H2,21,26)(H,23,24,25). The molecule has 3 aromatic rings. The summed E-state index contributed by atoms with van der Waals surface area (Å²) in [6.45, 7) is 0.560. The number of pyridine rings is 1. The van der Waals surface area contributed by atoms with E-state index in [1.54, 1.807) is 25.4 Å². The second kappa shape index (κ2) is 9.01. The molecule has 144 valence electrons. The number of halogens is 1. The van der Waals surface area contributed by atoms with Crippen molar-refractivity contribution < 1.29 is 14.3 Å². The van der Waals surface area contributed by atoms with Crippen LogP contribution in [0.3, 0.4) is 0 Å². The summed E-state index contributed by atoms with van der Waals surface area (Å²) < 4.78 is 10.7. The number of hydrogen-bond acceptors (Lipinski definition) is 7. The molecule has 0 spiro atoms. The van der Waals surface area contributed by atoms with Gasteiger partial charge < -0.3 is 20.5 Å². The van der Waals surface area contributed by atoms with Gasteiger partial charge in [0, 0.05) is 18.9 Å². The normalized spacial score (nSPS) is 10.4. The minimum Gasteiger partial charge on any atom is -0.495 e. The fourth-order valence-electron chi connectivity index (χ4n) is 2.38. The minimum atomic E-state index is -0.647. The van der Waals surface area contributed by atoms with Crippen molar-refractivity contribution in [1.29, 1.82) is 0 Å². The van der Waals surface area contributed by atoms with Crippen molar-refractivity contribution >= 4 is 23.3 Å². The van der Waals surface area contributed by atoms with Crippen LogP contribution in [0.4, 0.5) is 5.82 Å². The fourth-order valence-corrected chi connectivity index (χ4v) is 2.66. The molecule has 2 heterocycles. The van der Waals surface area contributed by atoms with E-state index in [0.29, 0.717) is 17.3 Å². The third kappa shape index (κ3) is 4.86. The summed E-state index contributed by atoms with van der Waals surface area (Å²) in [6, 6.07) is 11.0. The first-order valence-electron chi connectivity index (χ1n) is 8.32. The zero-order valence-electron chi connectivity index (χ0n) is 15.1. The van der Waals surface area contributed by atoms with Crippen LogP contribution in [0, 0.1) is 0 Å². The van der Waals surface area contributed by atoms with Crippen molar-refractivity contribution in [2.45, 2.75) is 13.2 Å². The van der Waals surface area contributed by atoms with Crippen molar-refractivity contribution in [1.82, 2.24) is 15.0 Å². The Morgan fingerprint density at radius 2 is 2.11 bits per heavy atom. The molecule has 0 aliphatic rings. The van der Waals surface area contributed by atoms with Crippen LogP contribution in [-0.4, -0.2) is 28.0 Å². The maximum absolute atomic E-state index is 11.7. The highest BCUT2D eigenvalue weighted by Gasteiger charge is 2.13. The number of nitrogens with two attached hydrogens (primary N) is 1. The number of primary amides is 1. The van der Waals surface area contributed by atoms with E-state index in [9.17, 15) is 4.79 Å². The molecule has 8 nitrogen and oxygen atoms in total. The molecule has 0 radical (unpaired) electrons. The van der Waals surface area contributed by atoms with Gasteiger partial charge in [0.25, 0.3) is 5.91 Å². The van der Waals surface area contributed by atoms with E-state index in [0.717, 1.165) is 11.3 Å². The summed E-state index contributed by atoms with van der Waals surface area (Å²) in [5, 5.41) is 3.55. The van der Waals surface area contributed by atoms with Crippen molar-refractivity contribution in [3.63, 3.8) is 0 Å². The van der Waals surface area contributed by atoms with Crippen LogP contribution >= 0.6 is 11.6 Å². The zero-order chi connectivity index (χ0) is 19.9. The summed E-state index contributed by atoms with van der Waals surface area (Å²) in [7, 11) is 1.55. The van der Waals surface area contributed by atoms with Crippen LogP contribution in [0.5, 0.6) is 11.8 Å². The molecule has 0 saturated heterocycles. The molecule has 1 aromatic carbocycles. The van der Waals surface area contributed by atoms with Gasteiger partial charge in [0.05, 0.1) is 17.8 Å². The predicted octanol–water partition coefficient (Wildman–Crippen LogP) is 2.82. The monoisotopic (exact) mass is 399 g/mol. The second-order valence-electron chi connectivity index (χ2n) is 5.71. The highest BCUT2D eigenvalue weighted by atomic mass is 35.5. The lowest BCUT2D eigenvalue weighted by atomic mass is 10.2. The van der Waals surface area contributed by atoms with E-state index >= 15 is 0 Å². The maximum atomic E-state index is 11.7. The number of methoxy groups -OCH3 is 1. The van der Waals surface area contributed by atoms with Gasteiger partial charge in [0.2, 0.25) is 0 Å². The van der Waals surface area contributed by atoms with E-state index in [1.807, 2.05) is 24.3 Å². The lowest BCUT2D eigenvalue weighted by molar-refractivity contribution is 0.1000. The summed E-state index contributed by atoms with van der Waals surface area (Å²) >= 11 is 6.14. The molecule has 2 aromatic heterocycles. The van der Waals surface area contributed by atoms with Crippen LogP contribution < -0.4 is 20.5 Å². The molecule has 1 amide bonds. The van der Waals surface area contributed by atoms with Gasteiger partial charge in [0.15, 0.2) is 0 Å². The number of carbonyl (C=O) groups is 1. The van der Waals surface area contributed by atoms with Gasteiger partial charge in [-0.15, -0.1) is 0 Å². The van der Waals surface area contributed by atoms with Crippen molar-refractivity contribution in [2.24, 2.45) is 5.73 Å². The molecule has 9 heteroatoms. The molecule has 0 bridgehead atoms. The summed E-state index contributed by atoms with van der Waals surface area (Å²) in [6.07, 6.45) is 3.00. The van der Waals surface area contributed by atoms with Crippen LogP contribution in [-0.2, 0) is 13.2 Å². The number of benzene rings is 1. The number of carbonyl (C=O) groups excluding carboxylic acids is 1. The van der Waals surface area contributed by atoms with Crippen LogP contribution in [0.1, 0.15) is 21.6 Å². The number of ether oxygens (including phenoxy) is 2. The number of hydrogen-bond donors (Lipinski definition) is 2. The van der Waals surface area contributed by atoms with E-state index in [4.69, 9.17) is 26.8 Å². The Bertz CT molecular complexity index is 969. The van der Waals surface area contributed by atoms with Crippen molar-refractivity contribution in [2.75, 3.05) is 12.4 Å². The van der Waals surface area contributed by atoms with E-state index in [-0.39, 0.29) is 24.0 Å². The SMILES string of the molecule is COc1ccc(CNc2nc(OCc3ccccn3)ncc2C(N)=O)cc1Cl. The molecule has 0 aliphatic heterocycles. The van der Waals surface area contributed by atoms with Gasteiger partial charge in [-0.3, -0.25) is 9.78 Å². The average molecular weight is 400 g/mol. The third-order valence-corrected chi connectivity index (χ3v) is 4.08. The van der Waals surface area contributed by atoms with Crippen molar-refractivity contribution in [3.8, 4) is 11.8 Å². The van der Waals surface area contributed by atoms with Gasteiger partial charge in [-0.05, 0) is 29.8 Å². The number of amides is 1. The quantitative estimate of drug-likeness (QED) is 0.598. The van der Waals surface area contributed by atoms with E-state index < -0.39 is 5.91 Å². The molecule has 0 saturated carbocycles. The molecule has 0 atom stereocenters. The summed E-state index contributed by atoms with van der Waals surface area (Å²) in [5.74, 6) is 0.201. The lowest BCUT2D eigenvalue weighted by Gasteiger charge is -2.12. The topological polar surface area (TPSA) is 112 Å². The molecule has 28 heavy (non-hydrogen) atoms. The first-order valence-corrected chi connectivity index (χ1v) is 8.70. The van der Waals surface area contributed by atoms with Crippen LogP contribution in [0.2, 0.25) is 5.02 Å². The molecule has 0 aliphatic carbocycles. The first-order chi connectivity index (χ1) is 13.6. The van der Waals surface area contributed by atoms with Gasteiger partial charge >= 0.3 is 6.01 Å². The van der Waals surface area contributed by atoms with Gasteiger partial charge in [-0.25, -0.2) is 4.98 Å². The number of rotatable bonds is 8. The zero-order valence-corrected chi connectivity index (χ0v) is 15.8. The van der Waals surface area contributed by atoms with Gasteiger partial charge in [0.1, 0.15) is 23.7 Å². The number of aromatic nitrogens is 3. The largest absolute Gasteiger partial charge is 0.495 e. The lowest BCUT2D eigenvalue weighted by Crippen LogP contribution is -2.17. The Hall–Kier alpha value is -3.39. The minimum absolute atomic E-state index is 0.103. The third-order valence-electron chi connectivity index (χ3n) is 3.78. The Kier molecular flexibility index (Phi) is 6.23. The number of nitrogens with one attached hydrogen (secondary N) is 1. The Morgan fingerprint density at radius 3 is 2.79 bits per heavy atom. The Morgan fingerprint density at radius 1 is 1.25 bits per heavy atom. The summed E-state index contributed by atoms with van der Waals surface area (Å²) in [4.78, 5) is 24.1.